The quantitative estimate of drug-likeness (QED) is 0.585. The van der Waals surface area contributed by atoms with E-state index in [0.717, 1.165) is 42.5 Å². The van der Waals surface area contributed by atoms with E-state index in [0.29, 0.717) is 16.6 Å². The van der Waals surface area contributed by atoms with Crippen LogP contribution in [0.4, 0.5) is 0 Å². The van der Waals surface area contributed by atoms with Gasteiger partial charge in [-0.2, -0.15) is 0 Å². The van der Waals surface area contributed by atoms with Gasteiger partial charge in [0.15, 0.2) is 5.11 Å². The fraction of sp³-hybridized carbons (Fsp3) is 0.240. The lowest BCUT2D eigenvalue weighted by molar-refractivity contribution is -0.120. The summed E-state index contributed by atoms with van der Waals surface area (Å²) in [4.78, 5) is 19.9. The van der Waals surface area contributed by atoms with E-state index in [4.69, 9.17) is 17.0 Å². The van der Waals surface area contributed by atoms with E-state index in [1.54, 1.807) is 6.20 Å². The fourth-order valence-electron chi connectivity index (χ4n) is 4.54. The predicted molar refractivity (Wildman–Crippen MR) is 123 cm³/mol. The Kier molecular flexibility index (Phi) is 5.38. The van der Waals surface area contributed by atoms with Gasteiger partial charge in [-0.05, 0) is 55.2 Å². The van der Waals surface area contributed by atoms with Gasteiger partial charge in [-0.1, -0.05) is 42.5 Å². The minimum absolute atomic E-state index is 0.129. The first-order valence-electron chi connectivity index (χ1n) is 10.6. The topological polar surface area (TPSA) is 54.5 Å². The Balaban J connectivity index is 1.42. The maximum atomic E-state index is 13.5. The summed E-state index contributed by atoms with van der Waals surface area (Å²) in [6.07, 6.45) is 6.84. The van der Waals surface area contributed by atoms with Gasteiger partial charge in [0.25, 0.3) is 0 Å². The number of thiocarbonyl (C=S) groups is 1. The summed E-state index contributed by atoms with van der Waals surface area (Å²) in [5.41, 5.74) is 2.83. The Morgan fingerprint density at radius 1 is 1.00 bits per heavy atom. The van der Waals surface area contributed by atoms with Gasteiger partial charge in [0.05, 0.1) is 12.0 Å². The molecule has 1 aromatic heterocycles. The largest absolute Gasteiger partial charge is 0.457 e. The second kappa shape index (κ2) is 8.47. The van der Waals surface area contributed by atoms with Gasteiger partial charge in [0.1, 0.15) is 11.5 Å². The molecule has 1 atom stereocenters. The van der Waals surface area contributed by atoms with Crippen LogP contribution in [0.3, 0.4) is 0 Å². The fourth-order valence-corrected chi connectivity index (χ4v) is 4.86. The number of nitrogens with zero attached hydrogens (tertiary/aromatic N) is 2. The molecule has 0 radical (unpaired) electrons. The molecule has 0 aliphatic carbocycles. The molecule has 1 fully saturated rings. The Bertz CT molecular complexity index is 1070. The number of rotatable bonds is 2. The number of nitrogens with one attached hydrogen (secondary N) is 1. The van der Waals surface area contributed by atoms with E-state index in [9.17, 15) is 4.79 Å². The van der Waals surface area contributed by atoms with E-state index >= 15 is 0 Å². The summed E-state index contributed by atoms with van der Waals surface area (Å²) < 4.78 is 6.02. The molecule has 0 saturated carbocycles. The number of aromatic nitrogens is 1. The molecule has 5 nitrogen and oxygen atoms in total. The van der Waals surface area contributed by atoms with Crippen LogP contribution in [0.25, 0.3) is 0 Å². The van der Waals surface area contributed by atoms with Crippen LogP contribution < -0.4 is 10.1 Å². The van der Waals surface area contributed by atoms with Crippen LogP contribution in [-0.4, -0.2) is 27.4 Å². The van der Waals surface area contributed by atoms with Crippen LogP contribution in [0.1, 0.15) is 47.9 Å². The van der Waals surface area contributed by atoms with Crippen molar-refractivity contribution in [1.29, 1.82) is 0 Å². The van der Waals surface area contributed by atoms with E-state index in [2.05, 4.69) is 21.3 Å². The number of hydrogen-bond donors (Lipinski definition) is 1. The summed E-state index contributed by atoms with van der Waals surface area (Å²) >= 11 is 5.74. The third-order valence-corrected chi connectivity index (χ3v) is 6.34. The van der Waals surface area contributed by atoms with E-state index in [1.165, 1.54) is 0 Å². The average molecular weight is 430 g/mol. The van der Waals surface area contributed by atoms with Crippen LogP contribution in [0.15, 0.2) is 73.1 Å². The smallest absolute Gasteiger partial charge is 0.238 e. The van der Waals surface area contributed by atoms with Crippen molar-refractivity contribution in [2.24, 2.45) is 0 Å². The summed E-state index contributed by atoms with van der Waals surface area (Å²) in [6, 6.07) is 19.5. The molecule has 156 valence electrons. The maximum Gasteiger partial charge on any atom is 0.238 e. The lowest BCUT2D eigenvalue weighted by atomic mass is 9.87. The van der Waals surface area contributed by atoms with Crippen molar-refractivity contribution in [3.8, 4) is 11.5 Å². The van der Waals surface area contributed by atoms with Crippen molar-refractivity contribution < 1.29 is 9.53 Å². The third-order valence-electron chi connectivity index (χ3n) is 6.01. The number of pyridine rings is 1. The van der Waals surface area contributed by atoms with Crippen LogP contribution in [0.5, 0.6) is 11.5 Å². The molecule has 2 aliphatic heterocycles. The zero-order valence-electron chi connectivity index (χ0n) is 17.0. The number of hydrogen-bond acceptors (Lipinski definition) is 4. The lowest BCUT2D eigenvalue weighted by Gasteiger charge is -2.38. The molecule has 2 aliphatic rings. The summed E-state index contributed by atoms with van der Waals surface area (Å²) in [7, 11) is 0. The van der Waals surface area contributed by atoms with Gasteiger partial charge < -0.3 is 15.0 Å². The Hall–Kier alpha value is -3.25. The number of amides is 1. The molecule has 1 saturated heterocycles. The first kappa shape index (κ1) is 19.7. The Labute approximate surface area is 187 Å². The molecule has 3 heterocycles. The predicted octanol–water partition coefficient (Wildman–Crippen LogP) is 4.95. The van der Waals surface area contributed by atoms with Crippen LogP contribution in [0.2, 0.25) is 0 Å². The highest BCUT2D eigenvalue weighted by Crippen LogP contribution is 2.44. The standard InChI is InChI=1S/C25H23N3O2S/c29-24(23-18-9-1-3-12-21(18)30-22-13-4-2-10-19(22)23)27-25(31)28-15-6-5-11-20(28)17-8-7-14-26-16-17/h1-4,7-10,12-14,16,20,23H,5-6,11,15H2,(H,27,29,31)/t20-/m0/s1. The second-order valence-corrected chi connectivity index (χ2v) is 8.28. The highest BCUT2D eigenvalue weighted by Gasteiger charge is 2.34. The highest BCUT2D eigenvalue weighted by atomic mass is 32.1. The van der Waals surface area contributed by atoms with E-state index in [1.807, 2.05) is 60.8 Å². The minimum atomic E-state index is -0.472. The molecule has 31 heavy (non-hydrogen) atoms. The molecule has 5 rings (SSSR count). The van der Waals surface area contributed by atoms with Gasteiger partial charge in [-0.25, -0.2) is 0 Å². The number of ether oxygens (including phenoxy) is 1. The molecule has 0 bridgehead atoms. The molecule has 6 heteroatoms. The number of benzene rings is 2. The maximum absolute atomic E-state index is 13.5. The molecule has 1 N–H and O–H groups in total. The van der Waals surface area contributed by atoms with E-state index < -0.39 is 5.92 Å². The summed E-state index contributed by atoms with van der Waals surface area (Å²) in [5, 5.41) is 3.52. The van der Waals surface area contributed by atoms with E-state index in [-0.39, 0.29) is 11.9 Å². The van der Waals surface area contributed by atoms with Crippen LogP contribution >= 0.6 is 12.2 Å². The van der Waals surface area contributed by atoms with Gasteiger partial charge in [0.2, 0.25) is 5.91 Å². The molecular weight excluding hydrogens is 406 g/mol. The van der Waals surface area contributed by atoms with Crippen LogP contribution in [-0.2, 0) is 4.79 Å². The van der Waals surface area contributed by atoms with Gasteiger partial charge >= 0.3 is 0 Å². The first-order valence-corrected chi connectivity index (χ1v) is 11.0. The Morgan fingerprint density at radius 3 is 2.39 bits per heavy atom. The zero-order chi connectivity index (χ0) is 21.2. The van der Waals surface area contributed by atoms with Crippen molar-refractivity contribution in [3.05, 3.63) is 89.7 Å². The van der Waals surface area contributed by atoms with Crippen LogP contribution in [0, 0.1) is 0 Å². The van der Waals surface area contributed by atoms with Gasteiger partial charge in [-0.3, -0.25) is 9.78 Å². The van der Waals surface area contributed by atoms with Crippen molar-refractivity contribution in [2.75, 3.05) is 6.54 Å². The zero-order valence-corrected chi connectivity index (χ0v) is 17.8. The molecule has 0 unspecified atom stereocenters. The normalized spacial score (nSPS) is 17.8. The first-order chi connectivity index (χ1) is 15.2. The highest BCUT2D eigenvalue weighted by molar-refractivity contribution is 7.80. The lowest BCUT2D eigenvalue weighted by Crippen LogP contribution is -2.48. The van der Waals surface area contributed by atoms with Crippen molar-refractivity contribution in [3.63, 3.8) is 0 Å². The van der Waals surface area contributed by atoms with Crippen molar-refractivity contribution in [2.45, 2.75) is 31.2 Å². The monoisotopic (exact) mass is 429 g/mol. The third kappa shape index (κ3) is 3.79. The number of carbonyl (C=O) groups is 1. The van der Waals surface area contributed by atoms with Crippen molar-refractivity contribution >= 4 is 23.2 Å². The summed E-state index contributed by atoms with van der Waals surface area (Å²) in [6.45, 7) is 0.819. The number of carbonyl (C=O) groups excluding carboxylic acids is 1. The second-order valence-electron chi connectivity index (χ2n) is 7.90. The number of likely N-dealkylation sites (tertiary alicyclic amines) is 1. The molecule has 1 amide bonds. The van der Waals surface area contributed by atoms with Gasteiger partial charge in [-0.15, -0.1) is 0 Å². The minimum Gasteiger partial charge on any atom is -0.457 e. The van der Waals surface area contributed by atoms with Crippen molar-refractivity contribution in [1.82, 2.24) is 15.2 Å². The molecule has 0 spiro atoms. The molecule has 2 aromatic carbocycles. The SMILES string of the molecule is O=C(NC(=S)N1CCCC[C@H]1c1cccnc1)C1c2ccccc2Oc2ccccc21. The summed E-state index contributed by atoms with van der Waals surface area (Å²) in [5.74, 6) is 0.807. The van der Waals surface area contributed by atoms with Gasteiger partial charge in [0, 0.05) is 30.1 Å². The number of para-hydroxylation sites is 2. The number of fused-ring (bicyclic) bond motifs is 2. The average Bonchev–Trinajstić information content (AvgIpc) is 2.83. The molecule has 3 aromatic rings. The Morgan fingerprint density at radius 2 is 1.71 bits per heavy atom. The number of piperidine rings is 1. The molecular formula is C25H23N3O2S.